The number of H-pyrrole nitrogens is 1. The van der Waals surface area contributed by atoms with E-state index in [-0.39, 0.29) is 5.91 Å². The van der Waals surface area contributed by atoms with Crippen molar-refractivity contribution in [2.24, 2.45) is 0 Å². The summed E-state index contributed by atoms with van der Waals surface area (Å²) in [4.78, 5) is 26.0. The zero-order valence-electron chi connectivity index (χ0n) is 12.4. The molecule has 7 heteroatoms. The van der Waals surface area contributed by atoms with E-state index in [0.29, 0.717) is 22.5 Å². The highest BCUT2D eigenvalue weighted by molar-refractivity contribution is 6.05. The predicted molar refractivity (Wildman–Crippen MR) is 88.4 cm³/mol. The second kappa shape index (κ2) is 5.54. The van der Waals surface area contributed by atoms with Crippen molar-refractivity contribution in [1.82, 2.24) is 14.8 Å². The largest absolute Gasteiger partial charge is 0.417 e. The first kappa shape index (κ1) is 14.0. The Labute approximate surface area is 135 Å². The van der Waals surface area contributed by atoms with Crippen molar-refractivity contribution in [3.8, 4) is 5.69 Å². The summed E-state index contributed by atoms with van der Waals surface area (Å²) in [5.74, 6) is -0.439. The van der Waals surface area contributed by atoms with E-state index >= 15 is 0 Å². The first-order chi connectivity index (χ1) is 11.7. The normalized spacial score (nSPS) is 10.8. The molecule has 0 aliphatic heterocycles. The lowest BCUT2D eigenvalue weighted by molar-refractivity contribution is 0.102. The van der Waals surface area contributed by atoms with Crippen molar-refractivity contribution in [3.63, 3.8) is 0 Å². The van der Waals surface area contributed by atoms with Crippen LogP contribution in [0.5, 0.6) is 0 Å². The Bertz CT molecular complexity index is 1080. The molecule has 4 rings (SSSR count). The summed E-state index contributed by atoms with van der Waals surface area (Å²) in [6.07, 6.45) is 1.77. The summed E-state index contributed by atoms with van der Waals surface area (Å²) < 4.78 is 6.59. The van der Waals surface area contributed by atoms with Crippen LogP contribution >= 0.6 is 0 Å². The molecule has 0 atom stereocenters. The molecule has 2 aromatic heterocycles. The molecule has 0 saturated carbocycles. The average Bonchev–Trinajstić information content (AvgIpc) is 3.20. The molecule has 2 heterocycles. The van der Waals surface area contributed by atoms with Gasteiger partial charge in [-0.25, -0.2) is 9.48 Å². The first-order valence-electron chi connectivity index (χ1n) is 7.24. The summed E-state index contributed by atoms with van der Waals surface area (Å²) >= 11 is 0. The molecule has 1 amide bonds. The second-order valence-corrected chi connectivity index (χ2v) is 5.16. The number of rotatable bonds is 3. The molecule has 4 aromatic rings. The predicted octanol–water partition coefficient (Wildman–Crippen LogP) is 2.56. The summed E-state index contributed by atoms with van der Waals surface area (Å²) in [7, 11) is 0. The van der Waals surface area contributed by atoms with Crippen LogP contribution in [0.15, 0.2) is 70.0 Å². The van der Waals surface area contributed by atoms with E-state index in [1.54, 1.807) is 35.1 Å². The monoisotopic (exact) mass is 320 g/mol. The van der Waals surface area contributed by atoms with Gasteiger partial charge in [0.2, 0.25) is 0 Å². The Balaban J connectivity index is 1.57. The van der Waals surface area contributed by atoms with Gasteiger partial charge >= 0.3 is 5.76 Å². The van der Waals surface area contributed by atoms with Crippen LogP contribution in [-0.2, 0) is 0 Å². The fourth-order valence-corrected chi connectivity index (χ4v) is 2.40. The summed E-state index contributed by atoms with van der Waals surface area (Å²) in [5.41, 5.74) is 2.18. The molecule has 0 radical (unpaired) electrons. The summed E-state index contributed by atoms with van der Waals surface area (Å²) in [6.45, 7) is 0. The third-order valence-electron chi connectivity index (χ3n) is 3.53. The molecule has 0 spiro atoms. The Kier molecular flexibility index (Phi) is 3.24. The van der Waals surface area contributed by atoms with E-state index in [9.17, 15) is 9.59 Å². The van der Waals surface area contributed by atoms with E-state index < -0.39 is 5.76 Å². The van der Waals surface area contributed by atoms with Gasteiger partial charge < -0.3 is 9.73 Å². The Morgan fingerprint density at radius 3 is 2.79 bits per heavy atom. The lowest BCUT2D eigenvalue weighted by Gasteiger charge is -2.02. The molecule has 2 aromatic carbocycles. The highest BCUT2D eigenvalue weighted by Crippen LogP contribution is 2.15. The molecule has 0 unspecified atom stereocenters. The molecule has 0 saturated heterocycles. The maximum Gasteiger partial charge on any atom is 0.417 e. The topological polar surface area (TPSA) is 92.9 Å². The summed E-state index contributed by atoms with van der Waals surface area (Å²) in [5, 5.41) is 7.05. The molecule has 0 aliphatic rings. The second-order valence-electron chi connectivity index (χ2n) is 5.16. The molecule has 118 valence electrons. The van der Waals surface area contributed by atoms with E-state index in [1.165, 1.54) is 0 Å². The number of fused-ring (bicyclic) bond motifs is 1. The molecular weight excluding hydrogens is 308 g/mol. The Hall–Kier alpha value is -3.61. The maximum absolute atomic E-state index is 12.3. The van der Waals surface area contributed by atoms with Crippen molar-refractivity contribution in [2.75, 3.05) is 5.32 Å². The lowest BCUT2D eigenvalue weighted by Crippen LogP contribution is -2.12. The minimum atomic E-state index is -0.552. The number of hydrogen-bond acceptors (Lipinski definition) is 4. The summed E-state index contributed by atoms with van der Waals surface area (Å²) in [6, 6.07) is 16.0. The number of aromatic nitrogens is 3. The van der Waals surface area contributed by atoms with Crippen molar-refractivity contribution in [2.45, 2.75) is 0 Å². The molecule has 0 fully saturated rings. The fraction of sp³-hybridized carbons (Fsp3) is 0. The number of oxazole rings is 1. The lowest BCUT2D eigenvalue weighted by atomic mass is 10.2. The van der Waals surface area contributed by atoms with Crippen LogP contribution in [0.4, 0.5) is 5.82 Å². The van der Waals surface area contributed by atoms with Gasteiger partial charge in [0.1, 0.15) is 0 Å². The molecular formula is C17H12N4O3. The van der Waals surface area contributed by atoms with Crippen LogP contribution < -0.4 is 11.1 Å². The van der Waals surface area contributed by atoms with Crippen molar-refractivity contribution < 1.29 is 9.21 Å². The van der Waals surface area contributed by atoms with Gasteiger partial charge in [-0.1, -0.05) is 18.2 Å². The van der Waals surface area contributed by atoms with Gasteiger partial charge in [0, 0.05) is 17.8 Å². The van der Waals surface area contributed by atoms with Crippen LogP contribution in [0, 0.1) is 0 Å². The zero-order valence-corrected chi connectivity index (χ0v) is 12.4. The molecule has 0 bridgehead atoms. The van der Waals surface area contributed by atoms with Crippen molar-refractivity contribution >= 4 is 22.8 Å². The number of para-hydroxylation sites is 1. The Morgan fingerprint density at radius 2 is 1.96 bits per heavy atom. The zero-order chi connectivity index (χ0) is 16.5. The van der Waals surface area contributed by atoms with E-state index in [2.05, 4.69) is 15.4 Å². The van der Waals surface area contributed by atoms with Gasteiger partial charge in [0.05, 0.1) is 11.2 Å². The van der Waals surface area contributed by atoms with Crippen LogP contribution in [0.1, 0.15) is 10.4 Å². The SMILES string of the molecule is O=C(Nc1ccn(-c2ccccc2)n1)c1ccc2oc(=O)[nH]c2c1. The third kappa shape index (κ3) is 2.58. The minimum Gasteiger partial charge on any atom is -0.408 e. The number of hydrogen-bond donors (Lipinski definition) is 2. The molecule has 7 nitrogen and oxygen atoms in total. The third-order valence-corrected chi connectivity index (χ3v) is 3.53. The fourth-order valence-electron chi connectivity index (χ4n) is 2.40. The first-order valence-corrected chi connectivity index (χ1v) is 7.24. The van der Waals surface area contributed by atoms with Gasteiger partial charge in [0.15, 0.2) is 11.4 Å². The number of carbonyl (C=O) groups excluding carboxylic acids is 1. The van der Waals surface area contributed by atoms with Gasteiger partial charge in [-0.3, -0.25) is 9.78 Å². The number of amides is 1. The van der Waals surface area contributed by atoms with E-state index in [0.717, 1.165) is 5.69 Å². The smallest absolute Gasteiger partial charge is 0.408 e. The van der Waals surface area contributed by atoms with E-state index in [1.807, 2.05) is 30.3 Å². The number of benzene rings is 2. The number of nitrogens with one attached hydrogen (secondary N) is 2. The maximum atomic E-state index is 12.3. The number of anilines is 1. The van der Waals surface area contributed by atoms with Gasteiger partial charge in [-0.2, -0.15) is 5.10 Å². The Morgan fingerprint density at radius 1 is 1.12 bits per heavy atom. The highest BCUT2D eigenvalue weighted by atomic mass is 16.4. The highest BCUT2D eigenvalue weighted by Gasteiger charge is 2.11. The van der Waals surface area contributed by atoms with Crippen molar-refractivity contribution in [1.29, 1.82) is 0 Å². The van der Waals surface area contributed by atoms with Crippen LogP contribution in [0.25, 0.3) is 16.8 Å². The van der Waals surface area contributed by atoms with Crippen LogP contribution in [0.2, 0.25) is 0 Å². The standard InChI is InChI=1S/C17H12N4O3/c22-16(11-6-7-14-13(10-11)18-17(23)24-14)19-15-8-9-21(20-15)12-4-2-1-3-5-12/h1-10H,(H,18,23)(H,19,20,22). The molecule has 2 N–H and O–H groups in total. The molecule has 0 aliphatic carbocycles. The average molecular weight is 320 g/mol. The number of carbonyl (C=O) groups is 1. The van der Waals surface area contributed by atoms with Crippen molar-refractivity contribution in [3.05, 3.63) is 76.9 Å². The van der Waals surface area contributed by atoms with E-state index in [4.69, 9.17) is 4.42 Å². The van der Waals surface area contributed by atoms with Gasteiger partial charge in [0.25, 0.3) is 5.91 Å². The van der Waals surface area contributed by atoms with Gasteiger partial charge in [-0.05, 0) is 30.3 Å². The van der Waals surface area contributed by atoms with Gasteiger partial charge in [-0.15, -0.1) is 0 Å². The quantitative estimate of drug-likeness (QED) is 0.607. The minimum absolute atomic E-state index is 0.322. The molecule has 24 heavy (non-hydrogen) atoms. The van der Waals surface area contributed by atoms with Crippen LogP contribution in [0.3, 0.4) is 0 Å². The number of nitrogens with zero attached hydrogens (tertiary/aromatic N) is 2. The number of aromatic amines is 1. The van der Waals surface area contributed by atoms with Crippen LogP contribution in [-0.4, -0.2) is 20.7 Å².